The van der Waals surface area contributed by atoms with Gasteiger partial charge in [-0.15, -0.1) is 0 Å². The highest BCUT2D eigenvalue weighted by molar-refractivity contribution is 6.09. The Morgan fingerprint density at radius 1 is 1.30 bits per heavy atom. The fourth-order valence-corrected chi connectivity index (χ4v) is 3.20. The first-order valence-electron chi connectivity index (χ1n) is 7.78. The highest BCUT2D eigenvalue weighted by atomic mass is 16.1. The van der Waals surface area contributed by atoms with E-state index in [0.29, 0.717) is 5.56 Å². The van der Waals surface area contributed by atoms with Crippen LogP contribution in [-0.4, -0.2) is 22.4 Å². The van der Waals surface area contributed by atoms with Crippen LogP contribution in [0.2, 0.25) is 0 Å². The van der Waals surface area contributed by atoms with Crippen molar-refractivity contribution in [3.63, 3.8) is 0 Å². The van der Waals surface area contributed by atoms with Gasteiger partial charge in [0.1, 0.15) is 0 Å². The summed E-state index contributed by atoms with van der Waals surface area (Å²) < 4.78 is 0. The first-order valence-corrected chi connectivity index (χ1v) is 7.78. The molecule has 0 aliphatic carbocycles. The fourth-order valence-electron chi connectivity index (χ4n) is 3.20. The molecule has 3 N–H and O–H groups in total. The van der Waals surface area contributed by atoms with E-state index in [1.54, 1.807) is 6.20 Å². The maximum Gasteiger partial charge on any atom is 0.257 e. The molecular formula is C18H18N4O. The van der Waals surface area contributed by atoms with Crippen molar-refractivity contribution in [1.82, 2.24) is 15.3 Å². The molecule has 3 heterocycles. The van der Waals surface area contributed by atoms with E-state index in [2.05, 4.69) is 26.7 Å². The van der Waals surface area contributed by atoms with Crippen molar-refractivity contribution < 1.29 is 4.79 Å². The third-order valence-corrected chi connectivity index (χ3v) is 4.30. The van der Waals surface area contributed by atoms with E-state index in [9.17, 15) is 4.79 Å². The summed E-state index contributed by atoms with van der Waals surface area (Å²) in [5.41, 5.74) is 5.71. The highest BCUT2D eigenvalue weighted by Crippen LogP contribution is 2.25. The van der Waals surface area contributed by atoms with Gasteiger partial charge in [-0.25, -0.2) is 0 Å². The predicted molar refractivity (Wildman–Crippen MR) is 90.6 cm³/mol. The number of anilines is 1. The lowest BCUT2D eigenvalue weighted by Gasteiger charge is -2.19. The van der Waals surface area contributed by atoms with Gasteiger partial charge >= 0.3 is 0 Å². The summed E-state index contributed by atoms with van der Waals surface area (Å²) in [7, 11) is 0. The second-order valence-corrected chi connectivity index (χ2v) is 5.93. The number of nitrogens with zero attached hydrogens (tertiary/aromatic N) is 1. The van der Waals surface area contributed by atoms with Gasteiger partial charge in [0.2, 0.25) is 0 Å². The number of carbonyl (C=O) groups is 1. The van der Waals surface area contributed by atoms with Gasteiger partial charge in [-0.2, -0.15) is 0 Å². The van der Waals surface area contributed by atoms with E-state index in [1.807, 2.05) is 31.3 Å². The van der Waals surface area contributed by atoms with E-state index in [0.717, 1.165) is 52.9 Å². The number of carbonyl (C=O) groups excluding carboxylic acids is 1. The summed E-state index contributed by atoms with van der Waals surface area (Å²) in [4.78, 5) is 20.3. The van der Waals surface area contributed by atoms with Crippen LogP contribution in [0.1, 0.15) is 27.2 Å². The molecule has 23 heavy (non-hydrogen) atoms. The molecule has 1 aromatic carbocycles. The number of rotatable bonds is 2. The summed E-state index contributed by atoms with van der Waals surface area (Å²) >= 11 is 0. The number of H-pyrrole nitrogens is 1. The van der Waals surface area contributed by atoms with Gasteiger partial charge < -0.3 is 15.6 Å². The van der Waals surface area contributed by atoms with Crippen molar-refractivity contribution in [2.24, 2.45) is 0 Å². The quantitative estimate of drug-likeness (QED) is 0.682. The molecule has 0 saturated carbocycles. The fraction of sp³-hybridized carbons (Fsp3) is 0.222. The van der Waals surface area contributed by atoms with Crippen molar-refractivity contribution >= 4 is 22.5 Å². The molecule has 0 radical (unpaired) electrons. The molecule has 0 bridgehead atoms. The first-order chi connectivity index (χ1) is 11.2. The SMILES string of the molecule is Cc1cc2cccc(NC(=O)c3cncc4c3CCNC4)c2[nH]1. The zero-order chi connectivity index (χ0) is 15.8. The minimum absolute atomic E-state index is 0.101. The van der Waals surface area contributed by atoms with Gasteiger partial charge in [0.25, 0.3) is 5.91 Å². The van der Waals surface area contributed by atoms with Crippen LogP contribution in [0.4, 0.5) is 5.69 Å². The van der Waals surface area contributed by atoms with Crippen LogP contribution in [0.15, 0.2) is 36.7 Å². The number of hydrogen-bond donors (Lipinski definition) is 3. The van der Waals surface area contributed by atoms with Gasteiger partial charge in [0, 0.05) is 30.0 Å². The average molecular weight is 306 g/mol. The molecule has 0 fully saturated rings. The molecule has 2 aromatic heterocycles. The topological polar surface area (TPSA) is 69.8 Å². The van der Waals surface area contributed by atoms with Crippen molar-refractivity contribution in [3.8, 4) is 0 Å². The van der Waals surface area contributed by atoms with Gasteiger partial charge in [0.15, 0.2) is 0 Å². The zero-order valence-electron chi connectivity index (χ0n) is 12.9. The Bertz CT molecular complexity index is 897. The average Bonchev–Trinajstić information content (AvgIpc) is 2.95. The number of amides is 1. The van der Waals surface area contributed by atoms with Crippen LogP contribution in [0.5, 0.6) is 0 Å². The number of para-hydroxylation sites is 1. The highest BCUT2D eigenvalue weighted by Gasteiger charge is 2.18. The number of fused-ring (bicyclic) bond motifs is 2. The van der Waals surface area contributed by atoms with E-state index in [4.69, 9.17) is 0 Å². The molecule has 5 nitrogen and oxygen atoms in total. The van der Waals surface area contributed by atoms with E-state index >= 15 is 0 Å². The van der Waals surface area contributed by atoms with Gasteiger partial charge in [-0.3, -0.25) is 9.78 Å². The maximum absolute atomic E-state index is 12.8. The Hall–Kier alpha value is -2.66. The summed E-state index contributed by atoms with van der Waals surface area (Å²) in [6.07, 6.45) is 4.36. The van der Waals surface area contributed by atoms with Crippen molar-refractivity contribution in [3.05, 3.63) is 59.0 Å². The molecular weight excluding hydrogens is 288 g/mol. The standard InChI is InChI=1S/C18H18N4O/c1-11-7-12-3-2-4-16(17(12)21-11)22-18(23)15-10-20-9-13-8-19-6-5-14(13)15/h2-4,7,9-10,19,21H,5-6,8H2,1H3,(H,22,23). The summed E-state index contributed by atoms with van der Waals surface area (Å²) in [5.74, 6) is -0.101. The molecule has 0 saturated heterocycles. The molecule has 4 rings (SSSR count). The van der Waals surface area contributed by atoms with E-state index in [1.165, 1.54) is 0 Å². The van der Waals surface area contributed by atoms with E-state index < -0.39 is 0 Å². The lowest BCUT2D eigenvalue weighted by atomic mass is 9.98. The Labute approximate surface area is 134 Å². The number of nitrogens with one attached hydrogen (secondary N) is 3. The number of pyridine rings is 1. The van der Waals surface area contributed by atoms with Gasteiger partial charge in [0.05, 0.1) is 16.8 Å². The monoisotopic (exact) mass is 306 g/mol. The molecule has 0 unspecified atom stereocenters. The Kier molecular flexibility index (Phi) is 3.35. The van der Waals surface area contributed by atoms with E-state index in [-0.39, 0.29) is 5.91 Å². The molecule has 1 amide bonds. The Morgan fingerprint density at radius 3 is 3.13 bits per heavy atom. The maximum atomic E-state index is 12.8. The third-order valence-electron chi connectivity index (χ3n) is 4.30. The number of aromatic amines is 1. The van der Waals surface area contributed by atoms with Crippen LogP contribution in [-0.2, 0) is 13.0 Å². The van der Waals surface area contributed by atoms with Crippen LogP contribution in [0.25, 0.3) is 10.9 Å². The van der Waals surface area contributed by atoms with Crippen LogP contribution >= 0.6 is 0 Å². The summed E-state index contributed by atoms with van der Waals surface area (Å²) in [5, 5.41) is 7.44. The smallest absolute Gasteiger partial charge is 0.257 e. The molecule has 5 heteroatoms. The van der Waals surface area contributed by atoms with Crippen molar-refractivity contribution in [2.45, 2.75) is 19.9 Å². The lowest BCUT2D eigenvalue weighted by molar-refractivity contribution is 0.102. The molecule has 116 valence electrons. The van der Waals surface area contributed by atoms with Gasteiger partial charge in [-0.1, -0.05) is 12.1 Å². The molecule has 0 atom stereocenters. The number of benzene rings is 1. The second-order valence-electron chi connectivity index (χ2n) is 5.93. The summed E-state index contributed by atoms with van der Waals surface area (Å²) in [6.45, 7) is 3.67. The Balaban J connectivity index is 1.70. The van der Waals surface area contributed by atoms with Crippen LogP contribution in [0, 0.1) is 6.92 Å². The number of aryl methyl sites for hydroxylation is 1. The van der Waals surface area contributed by atoms with Crippen LogP contribution in [0.3, 0.4) is 0 Å². The molecule has 0 spiro atoms. The van der Waals surface area contributed by atoms with Crippen molar-refractivity contribution in [2.75, 3.05) is 11.9 Å². The Morgan fingerprint density at radius 2 is 2.22 bits per heavy atom. The predicted octanol–water partition coefficient (Wildman–Crippen LogP) is 2.77. The van der Waals surface area contributed by atoms with Crippen LogP contribution < -0.4 is 10.6 Å². The number of hydrogen-bond acceptors (Lipinski definition) is 3. The second kappa shape index (κ2) is 5.52. The lowest BCUT2D eigenvalue weighted by Crippen LogP contribution is -2.27. The van der Waals surface area contributed by atoms with Gasteiger partial charge in [-0.05, 0) is 43.1 Å². The summed E-state index contributed by atoms with van der Waals surface area (Å²) in [6, 6.07) is 7.98. The molecule has 1 aliphatic rings. The normalized spacial score (nSPS) is 13.8. The third kappa shape index (κ3) is 2.49. The molecule has 1 aliphatic heterocycles. The molecule has 3 aromatic rings. The minimum atomic E-state index is -0.101. The van der Waals surface area contributed by atoms with Crippen molar-refractivity contribution in [1.29, 1.82) is 0 Å². The zero-order valence-corrected chi connectivity index (χ0v) is 12.9. The first kappa shape index (κ1) is 14.0. The minimum Gasteiger partial charge on any atom is -0.357 e. The largest absolute Gasteiger partial charge is 0.357 e. The number of aromatic nitrogens is 2.